The molecule has 0 aliphatic heterocycles. The predicted molar refractivity (Wildman–Crippen MR) is 199 cm³/mol. The maximum absolute atomic E-state index is 6.44. The fourth-order valence-electron chi connectivity index (χ4n) is 6.75. The standard InChI is InChI=1S/C44H26N4O2/c1-4-12-27(13-5-1)41-46-42(28-14-6-2-7-15-28)48-43(47-41)35-21-11-19-32-31(18-10-20-33(32)35)30-22-23-34-36-25-40-37(26-39(36)49-38(34)24-30)45-44(50-40)29-16-8-3-9-17-29/h1-26H. The van der Waals surface area contributed by atoms with Crippen LogP contribution < -0.4 is 0 Å². The second-order valence-electron chi connectivity index (χ2n) is 12.3. The Morgan fingerprint density at radius 3 is 1.58 bits per heavy atom. The van der Waals surface area contributed by atoms with Crippen molar-refractivity contribution in [3.8, 4) is 56.7 Å². The van der Waals surface area contributed by atoms with Crippen LogP contribution in [0.25, 0.3) is 101 Å². The molecule has 0 bridgehead atoms. The summed E-state index contributed by atoms with van der Waals surface area (Å²) in [5.74, 6) is 2.49. The number of benzene rings is 7. The average Bonchev–Trinajstić information content (AvgIpc) is 3.77. The minimum atomic E-state index is 0.597. The van der Waals surface area contributed by atoms with Crippen LogP contribution in [0.5, 0.6) is 0 Å². The zero-order chi connectivity index (χ0) is 33.0. The van der Waals surface area contributed by atoms with Gasteiger partial charge in [0.05, 0.1) is 0 Å². The molecule has 7 aromatic carbocycles. The van der Waals surface area contributed by atoms with Crippen LogP contribution in [0, 0.1) is 0 Å². The smallest absolute Gasteiger partial charge is 0.227 e. The summed E-state index contributed by atoms with van der Waals surface area (Å²) in [5.41, 5.74) is 8.98. The SMILES string of the molecule is c1ccc(-c2nc(-c3ccccc3)nc(-c3cccc4c(-c5ccc6c(c5)oc5cc7nc(-c8ccccc8)oc7cc56)cccc34)n2)cc1. The van der Waals surface area contributed by atoms with Gasteiger partial charge in [-0.1, -0.05) is 121 Å². The number of aromatic nitrogens is 4. The van der Waals surface area contributed by atoms with Crippen LogP contribution in [-0.4, -0.2) is 19.9 Å². The molecule has 0 atom stereocenters. The fourth-order valence-corrected chi connectivity index (χ4v) is 6.75. The first-order valence-corrected chi connectivity index (χ1v) is 16.5. The van der Waals surface area contributed by atoms with E-state index < -0.39 is 0 Å². The molecule has 0 aliphatic carbocycles. The highest BCUT2D eigenvalue weighted by atomic mass is 16.4. The molecular formula is C44H26N4O2. The van der Waals surface area contributed by atoms with E-state index in [0.29, 0.717) is 23.4 Å². The Morgan fingerprint density at radius 1 is 0.320 bits per heavy atom. The summed E-state index contributed by atoms with van der Waals surface area (Å²) < 4.78 is 12.6. The maximum Gasteiger partial charge on any atom is 0.227 e. The third-order valence-electron chi connectivity index (χ3n) is 9.18. The van der Waals surface area contributed by atoms with E-state index >= 15 is 0 Å². The molecule has 0 amide bonds. The zero-order valence-electron chi connectivity index (χ0n) is 26.6. The van der Waals surface area contributed by atoms with Gasteiger partial charge in [-0.2, -0.15) is 0 Å². The van der Waals surface area contributed by atoms with Crippen LogP contribution in [0.1, 0.15) is 0 Å². The molecule has 3 aromatic heterocycles. The summed E-state index contributed by atoms with van der Waals surface area (Å²) in [6, 6.07) is 53.1. The van der Waals surface area contributed by atoms with Gasteiger partial charge in [0.25, 0.3) is 0 Å². The van der Waals surface area contributed by atoms with Crippen molar-refractivity contribution in [1.29, 1.82) is 0 Å². The second-order valence-corrected chi connectivity index (χ2v) is 12.3. The van der Waals surface area contributed by atoms with Crippen molar-refractivity contribution < 1.29 is 8.83 Å². The summed E-state index contributed by atoms with van der Waals surface area (Å²) in [4.78, 5) is 19.6. The number of fused-ring (bicyclic) bond motifs is 5. The van der Waals surface area contributed by atoms with Gasteiger partial charge < -0.3 is 8.83 Å². The third kappa shape index (κ3) is 4.73. The molecule has 0 spiro atoms. The molecule has 6 nitrogen and oxygen atoms in total. The lowest BCUT2D eigenvalue weighted by Gasteiger charge is -2.12. The van der Waals surface area contributed by atoms with Crippen LogP contribution in [0.4, 0.5) is 0 Å². The first kappa shape index (κ1) is 28.1. The molecular weight excluding hydrogens is 617 g/mol. The number of nitrogens with zero attached hydrogens (tertiary/aromatic N) is 4. The predicted octanol–water partition coefficient (Wildman–Crippen LogP) is 11.4. The van der Waals surface area contributed by atoms with E-state index in [-0.39, 0.29) is 0 Å². The largest absolute Gasteiger partial charge is 0.456 e. The molecule has 0 N–H and O–H groups in total. The fraction of sp³-hybridized carbons (Fsp3) is 0. The van der Waals surface area contributed by atoms with Crippen LogP contribution >= 0.6 is 0 Å². The summed E-state index contributed by atoms with van der Waals surface area (Å²) in [7, 11) is 0. The van der Waals surface area contributed by atoms with Gasteiger partial charge in [0.2, 0.25) is 5.89 Å². The molecule has 0 fully saturated rings. The van der Waals surface area contributed by atoms with Gasteiger partial charge in [0, 0.05) is 39.1 Å². The number of oxazole rings is 1. The van der Waals surface area contributed by atoms with Gasteiger partial charge in [0.1, 0.15) is 16.7 Å². The summed E-state index contributed by atoms with van der Waals surface area (Å²) >= 11 is 0. The molecule has 0 saturated carbocycles. The summed E-state index contributed by atoms with van der Waals surface area (Å²) in [6.45, 7) is 0. The molecule has 0 radical (unpaired) electrons. The Labute approximate surface area is 286 Å². The van der Waals surface area contributed by atoms with Gasteiger partial charge in [-0.05, 0) is 52.2 Å². The van der Waals surface area contributed by atoms with Crippen molar-refractivity contribution in [1.82, 2.24) is 19.9 Å². The minimum absolute atomic E-state index is 0.597. The monoisotopic (exact) mass is 642 g/mol. The van der Waals surface area contributed by atoms with Crippen LogP contribution in [0.15, 0.2) is 167 Å². The number of rotatable bonds is 5. The van der Waals surface area contributed by atoms with Crippen LogP contribution in [0.2, 0.25) is 0 Å². The van der Waals surface area contributed by atoms with E-state index in [4.69, 9.17) is 28.8 Å². The van der Waals surface area contributed by atoms with Gasteiger partial charge in [0.15, 0.2) is 23.1 Å². The molecule has 234 valence electrons. The van der Waals surface area contributed by atoms with Crippen molar-refractivity contribution >= 4 is 43.8 Å². The Hall–Kier alpha value is -6.92. The highest BCUT2D eigenvalue weighted by Crippen LogP contribution is 2.39. The summed E-state index contributed by atoms with van der Waals surface area (Å²) in [5, 5.41) is 4.17. The Balaban J connectivity index is 1.09. The maximum atomic E-state index is 6.44. The van der Waals surface area contributed by atoms with Crippen molar-refractivity contribution in [2.45, 2.75) is 0 Å². The average molecular weight is 643 g/mol. The molecule has 0 saturated heterocycles. The topological polar surface area (TPSA) is 77.8 Å². The Kier molecular flexibility index (Phi) is 6.39. The molecule has 50 heavy (non-hydrogen) atoms. The van der Waals surface area contributed by atoms with E-state index in [0.717, 1.165) is 77.2 Å². The van der Waals surface area contributed by atoms with Crippen molar-refractivity contribution in [3.63, 3.8) is 0 Å². The van der Waals surface area contributed by atoms with Crippen molar-refractivity contribution in [3.05, 3.63) is 158 Å². The molecule has 0 aliphatic rings. The minimum Gasteiger partial charge on any atom is -0.456 e. The van der Waals surface area contributed by atoms with E-state index in [2.05, 4.69) is 54.6 Å². The van der Waals surface area contributed by atoms with E-state index in [9.17, 15) is 0 Å². The Morgan fingerprint density at radius 2 is 0.900 bits per heavy atom. The van der Waals surface area contributed by atoms with Crippen molar-refractivity contribution in [2.24, 2.45) is 0 Å². The molecule has 10 rings (SSSR count). The first-order valence-electron chi connectivity index (χ1n) is 16.5. The number of hydrogen-bond acceptors (Lipinski definition) is 6. The van der Waals surface area contributed by atoms with Crippen LogP contribution in [-0.2, 0) is 0 Å². The molecule has 6 heteroatoms. The quantitative estimate of drug-likeness (QED) is 0.186. The van der Waals surface area contributed by atoms with E-state index in [1.165, 1.54) is 0 Å². The zero-order valence-corrected chi connectivity index (χ0v) is 26.6. The lowest BCUT2D eigenvalue weighted by Crippen LogP contribution is -2.00. The molecule has 0 unspecified atom stereocenters. The van der Waals surface area contributed by atoms with E-state index in [1.807, 2.05) is 103 Å². The van der Waals surface area contributed by atoms with Gasteiger partial charge in [-0.25, -0.2) is 19.9 Å². The highest BCUT2D eigenvalue weighted by molar-refractivity contribution is 6.11. The summed E-state index contributed by atoms with van der Waals surface area (Å²) in [6.07, 6.45) is 0. The third-order valence-corrected chi connectivity index (χ3v) is 9.18. The van der Waals surface area contributed by atoms with E-state index in [1.54, 1.807) is 0 Å². The molecule has 3 heterocycles. The lowest BCUT2D eigenvalue weighted by molar-refractivity contribution is 0.620. The second kappa shape index (κ2) is 11.4. The van der Waals surface area contributed by atoms with Gasteiger partial charge in [-0.3, -0.25) is 0 Å². The normalized spacial score (nSPS) is 11.6. The van der Waals surface area contributed by atoms with Crippen molar-refractivity contribution in [2.75, 3.05) is 0 Å². The Bertz CT molecular complexity index is 2800. The van der Waals surface area contributed by atoms with Gasteiger partial charge in [-0.15, -0.1) is 0 Å². The van der Waals surface area contributed by atoms with Gasteiger partial charge >= 0.3 is 0 Å². The molecule has 10 aromatic rings. The van der Waals surface area contributed by atoms with Crippen LogP contribution in [0.3, 0.4) is 0 Å². The number of hydrogen-bond donors (Lipinski definition) is 0. The first-order chi connectivity index (χ1) is 24.7. The number of furan rings is 1. The highest BCUT2D eigenvalue weighted by Gasteiger charge is 2.17. The lowest BCUT2D eigenvalue weighted by atomic mass is 9.95.